The van der Waals surface area contributed by atoms with E-state index in [-0.39, 0.29) is 17.2 Å². The van der Waals surface area contributed by atoms with Gasteiger partial charge in [-0.05, 0) is 45.0 Å². The molecule has 28 heavy (non-hydrogen) atoms. The molecule has 2 aromatic heterocycles. The third kappa shape index (κ3) is 4.19. The molecule has 1 aromatic carbocycles. The van der Waals surface area contributed by atoms with Crippen LogP contribution in [0.25, 0.3) is 11.4 Å². The molecule has 1 amide bonds. The number of carbonyl (C=O) groups is 1. The van der Waals surface area contributed by atoms with Gasteiger partial charge in [-0.2, -0.15) is 5.10 Å². The molecule has 3 aromatic rings. The molecule has 148 valence electrons. The Labute approximate surface area is 168 Å². The minimum Gasteiger partial charge on any atom is -0.497 e. The van der Waals surface area contributed by atoms with E-state index in [9.17, 15) is 4.79 Å². The van der Waals surface area contributed by atoms with Crippen LogP contribution in [0.5, 0.6) is 5.75 Å². The monoisotopic (exact) mass is 400 g/mol. The first-order valence-electron chi connectivity index (χ1n) is 8.95. The third-order valence-electron chi connectivity index (χ3n) is 4.25. The molecule has 1 atom stereocenters. The molecule has 1 N–H and O–H groups in total. The lowest BCUT2D eigenvalue weighted by Crippen LogP contribution is -2.25. The maximum absolute atomic E-state index is 12.6. The fraction of sp³-hybridized carbons (Fsp3) is 0.368. The highest BCUT2D eigenvalue weighted by Crippen LogP contribution is 2.27. The van der Waals surface area contributed by atoms with Crippen molar-refractivity contribution in [3.05, 3.63) is 36.5 Å². The predicted octanol–water partition coefficient (Wildman–Crippen LogP) is 3.39. The molecule has 0 saturated carbocycles. The standard InChI is InChI=1S/C19H24N6O2S/c1-12(2)25-16(10-11-20-25)21-18(26)13(3)28-19-23-22-17(24(19)4)14-6-8-15(27-5)9-7-14/h6-13H,1-5H3,(H,21,26). The van der Waals surface area contributed by atoms with Crippen LogP contribution in [0.4, 0.5) is 5.82 Å². The summed E-state index contributed by atoms with van der Waals surface area (Å²) in [4.78, 5) is 12.6. The quantitative estimate of drug-likeness (QED) is 0.612. The SMILES string of the molecule is COc1ccc(-c2nnc(SC(C)C(=O)Nc3ccnn3C(C)C)n2C)cc1. The molecule has 0 aliphatic carbocycles. The number of ether oxygens (including phenoxy) is 1. The van der Waals surface area contributed by atoms with Gasteiger partial charge in [0.25, 0.3) is 0 Å². The van der Waals surface area contributed by atoms with Crippen molar-refractivity contribution < 1.29 is 9.53 Å². The van der Waals surface area contributed by atoms with Crippen molar-refractivity contribution in [1.82, 2.24) is 24.5 Å². The fourth-order valence-electron chi connectivity index (χ4n) is 2.67. The minimum absolute atomic E-state index is 0.110. The maximum Gasteiger partial charge on any atom is 0.238 e. The number of methoxy groups -OCH3 is 1. The van der Waals surface area contributed by atoms with Crippen molar-refractivity contribution in [2.24, 2.45) is 7.05 Å². The van der Waals surface area contributed by atoms with Crippen molar-refractivity contribution in [3.63, 3.8) is 0 Å². The van der Waals surface area contributed by atoms with E-state index in [2.05, 4.69) is 20.6 Å². The van der Waals surface area contributed by atoms with Gasteiger partial charge < -0.3 is 14.6 Å². The van der Waals surface area contributed by atoms with Crippen LogP contribution in [-0.4, -0.2) is 42.8 Å². The molecule has 0 spiro atoms. The summed E-state index contributed by atoms with van der Waals surface area (Å²) in [6.07, 6.45) is 1.68. The van der Waals surface area contributed by atoms with Crippen LogP contribution in [0.15, 0.2) is 41.7 Å². The zero-order valence-corrected chi connectivity index (χ0v) is 17.4. The molecule has 1 unspecified atom stereocenters. The summed E-state index contributed by atoms with van der Waals surface area (Å²) in [5, 5.41) is 16.0. The molecule has 0 aliphatic heterocycles. The van der Waals surface area contributed by atoms with Gasteiger partial charge in [-0.1, -0.05) is 11.8 Å². The van der Waals surface area contributed by atoms with Gasteiger partial charge in [0.1, 0.15) is 11.6 Å². The van der Waals surface area contributed by atoms with E-state index in [4.69, 9.17) is 4.74 Å². The summed E-state index contributed by atoms with van der Waals surface area (Å²) in [6.45, 7) is 5.87. The van der Waals surface area contributed by atoms with Gasteiger partial charge in [0.15, 0.2) is 11.0 Å². The first-order valence-corrected chi connectivity index (χ1v) is 9.83. The second-order valence-electron chi connectivity index (χ2n) is 6.60. The van der Waals surface area contributed by atoms with Crippen LogP contribution in [0.2, 0.25) is 0 Å². The average Bonchev–Trinajstić information content (AvgIpc) is 3.29. The van der Waals surface area contributed by atoms with Crippen molar-refractivity contribution >= 4 is 23.5 Å². The molecular weight excluding hydrogens is 376 g/mol. The summed E-state index contributed by atoms with van der Waals surface area (Å²) >= 11 is 1.36. The Morgan fingerprint density at radius 1 is 1.14 bits per heavy atom. The lowest BCUT2D eigenvalue weighted by molar-refractivity contribution is -0.115. The van der Waals surface area contributed by atoms with Crippen LogP contribution >= 0.6 is 11.8 Å². The largest absolute Gasteiger partial charge is 0.497 e. The summed E-state index contributed by atoms with van der Waals surface area (Å²) in [5.41, 5.74) is 0.931. The Balaban J connectivity index is 1.70. The molecular formula is C19H24N6O2S. The predicted molar refractivity (Wildman–Crippen MR) is 110 cm³/mol. The highest BCUT2D eigenvalue weighted by molar-refractivity contribution is 8.00. The molecule has 0 radical (unpaired) electrons. The molecule has 8 nitrogen and oxygen atoms in total. The van der Waals surface area contributed by atoms with Gasteiger partial charge in [0, 0.05) is 24.7 Å². The molecule has 2 heterocycles. The zero-order chi connectivity index (χ0) is 20.3. The number of nitrogens with one attached hydrogen (secondary N) is 1. The molecule has 3 rings (SSSR count). The number of benzene rings is 1. The fourth-order valence-corrected chi connectivity index (χ4v) is 3.49. The molecule has 9 heteroatoms. The number of amides is 1. The maximum atomic E-state index is 12.6. The Morgan fingerprint density at radius 3 is 2.50 bits per heavy atom. The average molecular weight is 401 g/mol. The number of hydrogen-bond donors (Lipinski definition) is 1. The lowest BCUT2D eigenvalue weighted by Gasteiger charge is -2.14. The smallest absolute Gasteiger partial charge is 0.238 e. The van der Waals surface area contributed by atoms with Crippen LogP contribution in [0.3, 0.4) is 0 Å². The van der Waals surface area contributed by atoms with E-state index in [1.54, 1.807) is 24.1 Å². The van der Waals surface area contributed by atoms with Gasteiger partial charge in [-0.15, -0.1) is 10.2 Å². The van der Waals surface area contributed by atoms with Gasteiger partial charge in [-0.25, -0.2) is 4.68 Å². The number of thioether (sulfide) groups is 1. The molecule has 0 bridgehead atoms. The number of carbonyl (C=O) groups excluding carboxylic acids is 1. The number of aromatic nitrogens is 5. The summed E-state index contributed by atoms with van der Waals surface area (Å²) < 4.78 is 8.85. The zero-order valence-electron chi connectivity index (χ0n) is 16.6. The summed E-state index contributed by atoms with van der Waals surface area (Å²) in [7, 11) is 3.52. The topological polar surface area (TPSA) is 86.9 Å². The highest BCUT2D eigenvalue weighted by atomic mass is 32.2. The second kappa shape index (κ2) is 8.47. The van der Waals surface area contributed by atoms with E-state index >= 15 is 0 Å². The first-order chi connectivity index (χ1) is 13.4. The van der Waals surface area contributed by atoms with Crippen molar-refractivity contribution in [2.45, 2.75) is 37.2 Å². The van der Waals surface area contributed by atoms with E-state index in [1.807, 2.05) is 56.7 Å². The number of hydrogen-bond acceptors (Lipinski definition) is 6. The normalized spacial score (nSPS) is 12.2. The van der Waals surface area contributed by atoms with E-state index in [1.165, 1.54) is 11.8 Å². The van der Waals surface area contributed by atoms with Crippen molar-refractivity contribution in [3.8, 4) is 17.1 Å². The van der Waals surface area contributed by atoms with Crippen LogP contribution in [0, 0.1) is 0 Å². The van der Waals surface area contributed by atoms with Crippen molar-refractivity contribution in [2.75, 3.05) is 12.4 Å². The van der Waals surface area contributed by atoms with Gasteiger partial charge in [-0.3, -0.25) is 4.79 Å². The van der Waals surface area contributed by atoms with E-state index in [0.717, 1.165) is 17.1 Å². The Morgan fingerprint density at radius 2 is 1.86 bits per heavy atom. The third-order valence-corrected chi connectivity index (χ3v) is 5.38. The molecule has 0 saturated heterocycles. The van der Waals surface area contributed by atoms with Gasteiger partial charge >= 0.3 is 0 Å². The lowest BCUT2D eigenvalue weighted by atomic mass is 10.2. The number of nitrogens with zero attached hydrogens (tertiary/aromatic N) is 5. The van der Waals surface area contributed by atoms with Gasteiger partial charge in [0.2, 0.25) is 5.91 Å². The van der Waals surface area contributed by atoms with Gasteiger partial charge in [0.05, 0.1) is 18.6 Å². The number of rotatable bonds is 7. The highest BCUT2D eigenvalue weighted by Gasteiger charge is 2.21. The van der Waals surface area contributed by atoms with Crippen molar-refractivity contribution in [1.29, 1.82) is 0 Å². The van der Waals surface area contributed by atoms with E-state index < -0.39 is 0 Å². The summed E-state index contributed by atoms with van der Waals surface area (Å²) in [6, 6.07) is 9.58. The second-order valence-corrected chi connectivity index (χ2v) is 7.91. The van der Waals surface area contributed by atoms with Crippen LogP contribution in [-0.2, 0) is 11.8 Å². The van der Waals surface area contributed by atoms with E-state index in [0.29, 0.717) is 11.0 Å². The Hall–Kier alpha value is -2.81. The Bertz CT molecular complexity index is 948. The van der Waals surface area contributed by atoms with Crippen LogP contribution < -0.4 is 10.1 Å². The summed E-state index contributed by atoms with van der Waals surface area (Å²) in [5.74, 6) is 2.09. The Kier molecular flexibility index (Phi) is 6.03. The molecule has 0 fully saturated rings. The molecule has 0 aliphatic rings. The minimum atomic E-state index is -0.345. The first kappa shape index (κ1) is 19.9. The van der Waals surface area contributed by atoms with Crippen LogP contribution in [0.1, 0.15) is 26.8 Å². The number of anilines is 1.